The highest BCUT2D eigenvalue weighted by molar-refractivity contribution is 7.89. The smallest absolute Gasteiger partial charge is 0.251 e. The van der Waals surface area contributed by atoms with Crippen LogP contribution in [0, 0.1) is 13.8 Å². The lowest BCUT2D eigenvalue weighted by Gasteiger charge is -2.09. The molecule has 0 radical (unpaired) electrons. The maximum atomic E-state index is 12.1. The zero-order valence-corrected chi connectivity index (χ0v) is 16.3. The van der Waals surface area contributed by atoms with Crippen molar-refractivity contribution >= 4 is 21.8 Å². The molecule has 0 fully saturated rings. The lowest BCUT2D eigenvalue weighted by molar-refractivity contribution is -0.120. The first kappa shape index (κ1) is 20.6. The Bertz CT molecular complexity index is 918. The molecule has 144 valence electrons. The number of amides is 2. The fraction of sp³-hybridized carbons (Fsp3) is 0.263. The van der Waals surface area contributed by atoms with Crippen LogP contribution in [0.1, 0.15) is 27.0 Å². The van der Waals surface area contributed by atoms with Crippen LogP contribution in [-0.4, -0.2) is 33.8 Å². The van der Waals surface area contributed by atoms with Crippen LogP contribution in [0.4, 0.5) is 0 Å². The van der Waals surface area contributed by atoms with E-state index < -0.39 is 10.0 Å². The van der Waals surface area contributed by atoms with Crippen molar-refractivity contribution < 1.29 is 18.0 Å². The summed E-state index contributed by atoms with van der Waals surface area (Å²) in [6.07, 6.45) is 0. The van der Waals surface area contributed by atoms with Crippen molar-refractivity contribution in [3.05, 3.63) is 64.7 Å². The van der Waals surface area contributed by atoms with Crippen molar-refractivity contribution in [1.29, 1.82) is 0 Å². The molecule has 2 aromatic rings. The first-order chi connectivity index (χ1) is 12.7. The van der Waals surface area contributed by atoms with Crippen molar-refractivity contribution in [2.45, 2.75) is 25.3 Å². The minimum Gasteiger partial charge on any atom is -0.350 e. The van der Waals surface area contributed by atoms with Crippen LogP contribution < -0.4 is 15.4 Å². The Morgan fingerprint density at radius 1 is 0.926 bits per heavy atom. The molecule has 0 heterocycles. The standard InChI is InChI=1S/C19H23N3O4S/c1-13-8-14(2)10-16(9-13)19(24)22-12-18(23)21-11-15-4-6-17(7-5-15)27(25,26)20-3/h4-10,20H,11-12H2,1-3H3,(H,21,23)(H,22,24). The topological polar surface area (TPSA) is 104 Å². The van der Waals surface area contributed by atoms with Gasteiger partial charge in [0, 0.05) is 12.1 Å². The number of aryl methyl sites for hydroxylation is 2. The summed E-state index contributed by atoms with van der Waals surface area (Å²) in [5.74, 6) is -0.641. The molecule has 2 aromatic carbocycles. The molecule has 0 aliphatic carbocycles. The van der Waals surface area contributed by atoms with Gasteiger partial charge in [-0.25, -0.2) is 13.1 Å². The van der Waals surface area contributed by atoms with Gasteiger partial charge in [0.2, 0.25) is 15.9 Å². The van der Waals surface area contributed by atoms with Crippen LogP contribution >= 0.6 is 0 Å². The number of nitrogens with one attached hydrogen (secondary N) is 3. The monoisotopic (exact) mass is 389 g/mol. The summed E-state index contributed by atoms with van der Waals surface area (Å²) in [6, 6.07) is 11.7. The highest BCUT2D eigenvalue weighted by Crippen LogP contribution is 2.10. The largest absolute Gasteiger partial charge is 0.350 e. The molecule has 7 nitrogen and oxygen atoms in total. The molecule has 0 aliphatic rings. The molecule has 2 rings (SSSR count). The van der Waals surface area contributed by atoms with Crippen molar-refractivity contribution in [2.75, 3.05) is 13.6 Å². The molecule has 8 heteroatoms. The maximum absolute atomic E-state index is 12.1. The Morgan fingerprint density at radius 2 is 1.52 bits per heavy atom. The van der Waals surface area contributed by atoms with Crippen LogP contribution in [0.2, 0.25) is 0 Å². The van der Waals surface area contributed by atoms with E-state index >= 15 is 0 Å². The molecule has 3 N–H and O–H groups in total. The van der Waals surface area contributed by atoms with E-state index in [9.17, 15) is 18.0 Å². The first-order valence-corrected chi connectivity index (χ1v) is 9.85. The molecular formula is C19H23N3O4S. The van der Waals surface area contributed by atoms with Crippen molar-refractivity contribution in [1.82, 2.24) is 15.4 Å². The second-order valence-electron chi connectivity index (χ2n) is 6.19. The van der Waals surface area contributed by atoms with Gasteiger partial charge < -0.3 is 10.6 Å². The molecule has 0 aromatic heterocycles. The van der Waals surface area contributed by atoms with Gasteiger partial charge in [0.1, 0.15) is 0 Å². The van der Waals surface area contributed by atoms with E-state index in [-0.39, 0.29) is 29.8 Å². The van der Waals surface area contributed by atoms with Gasteiger partial charge in [-0.3, -0.25) is 9.59 Å². The zero-order valence-electron chi connectivity index (χ0n) is 15.5. The molecule has 0 unspecified atom stereocenters. The Kier molecular flexibility index (Phi) is 6.70. The molecule has 2 amide bonds. The average Bonchev–Trinajstić information content (AvgIpc) is 2.64. The molecule has 0 saturated heterocycles. The Balaban J connectivity index is 1.85. The Morgan fingerprint density at radius 3 is 2.07 bits per heavy atom. The summed E-state index contributed by atoms with van der Waals surface area (Å²) < 4.78 is 25.6. The van der Waals surface area contributed by atoms with E-state index in [1.807, 2.05) is 19.9 Å². The molecule has 0 spiro atoms. The second-order valence-corrected chi connectivity index (χ2v) is 8.07. The highest BCUT2D eigenvalue weighted by Gasteiger charge is 2.11. The average molecular weight is 389 g/mol. The van der Waals surface area contributed by atoms with Crippen molar-refractivity contribution in [2.24, 2.45) is 0 Å². The van der Waals surface area contributed by atoms with Gasteiger partial charge in [0.05, 0.1) is 11.4 Å². The fourth-order valence-electron chi connectivity index (χ4n) is 2.54. The molecule has 0 aliphatic heterocycles. The van der Waals surface area contributed by atoms with Gasteiger partial charge in [0.25, 0.3) is 5.91 Å². The van der Waals surface area contributed by atoms with Crippen LogP contribution in [0.15, 0.2) is 47.4 Å². The highest BCUT2D eigenvalue weighted by atomic mass is 32.2. The second kappa shape index (κ2) is 8.79. The zero-order chi connectivity index (χ0) is 20.0. The fourth-order valence-corrected chi connectivity index (χ4v) is 3.27. The summed E-state index contributed by atoms with van der Waals surface area (Å²) in [4.78, 5) is 24.2. The number of hydrogen-bond acceptors (Lipinski definition) is 4. The van der Waals surface area contributed by atoms with Crippen LogP contribution in [0.25, 0.3) is 0 Å². The predicted molar refractivity (Wildman–Crippen MR) is 103 cm³/mol. The van der Waals surface area contributed by atoms with E-state index in [1.165, 1.54) is 19.2 Å². The Hall–Kier alpha value is -2.71. The maximum Gasteiger partial charge on any atom is 0.251 e. The summed E-state index contributed by atoms with van der Waals surface area (Å²) in [6.45, 7) is 3.91. The van der Waals surface area contributed by atoms with Gasteiger partial charge in [-0.2, -0.15) is 0 Å². The molecule has 0 atom stereocenters. The molecular weight excluding hydrogens is 366 g/mol. The molecule has 27 heavy (non-hydrogen) atoms. The molecule has 0 bridgehead atoms. The van der Waals surface area contributed by atoms with Crippen LogP contribution in [0.3, 0.4) is 0 Å². The third-order valence-corrected chi connectivity index (χ3v) is 5.32. The van der Waals surface area contributed by atoms with E-state index in [4.69, 9.17) is 0 Å². The lowest BCUT2D eigenvalue weighted by Crippen LogP contribution is -2.36. The minimum atomic E-state index is -3.48. The third-order valence-electron chi connectivity index (χ3n) is 3.89. The van der Waals surface area contributed by atoms with Crippen molar-refractivity contribution in [3.8, 4) is 0 Å². The number of carbonyl (C=O) groups excluding carboxylic acids is 2. The third kappa shape index (κ3) is 5.90. The lowest BCUT2D eigenvalue weighted by atomic mass is 10.1. The van der Waals surface area contributed by atoms with Gasteiger partial charge >= 0.3 is 0 Å². The SMILES string of the molecule is CNS(=O)(=O)c1ccc(CNC(=O)CNC(=O)c2cc(C)cc(C)c2)cc1. The molecule has 0 saturated carbocycles. The number of benzene rings is 2. The summed E-state index contributed by atoms with van der Waals surface area (Å²) in [5.41, 5.74) is 3.22. The first-order valence-electron chi connectivity index (χ1n) is 8.37. The van der Waals surface area contributed by atoms with Crippen molar-refractivity contribution in [3.63, 3.8) is 0 Å². The summed E-state index contributed by atoms with van der Waals surface area (Å²) in [7, 11) is -2.14. The van der Waals surface area contributed by atoms with Crippen LogP contribution in [0.5, 0.6) is 0 Å². The van der Waals surface area contributed by atoms with E-state index in [2.05, 4.69) is 15.4 Å². The van der Waals surface area contributed by atoms with Gasteiger partial charge in [-0.15, -0.1) is 0 Å². The Labute approximate surface area is 159 Å². The minimum absolute atomic E-state index is 0.141. The van der Waals surface area contributed by atoms with Gasteiger partial charge in [-0.05, 0) is 50.7 Å². The van der Waals surface area contributed by atoms with Gasteiger partial charge in [0.15, 0.2) is 0 Å². The van der Waals surface area contributed by atoms with Gasteiger partial charge in [-0.1, -0.05) is 29.3 Å². The van der Waals surface area contributed by atoms with E-state index in [0.717, 1.165) is 16.7 Å². The van der Waals surface area contributed by atoms with E-state index in [0.29, 0.717) is 5.56 Å². The van der Waals surface area contributed by atoms with Crippen LogP contribution in [-0.2, 0) is 21.4 Å². The number of sulfonamides is 1. The summed E-state index contributed by atoms with van der Waals surface area (Å²) >= 11 is 0. The predicted octanol–water partition coefficient (Wildman–Crippen LogP) is 1.26. The normalized spacial score (nSPS) is 11.1. The number of carbonyl (C=O) groups is 2. The number of rotatable bonds is 7. The quantitative estimate of drug-likeness (QED) is 0.663. The number of hydrogen-bond donors (Lipinski definition) is 3. The summed E-state index contributed by atoms with van der Waals surface area (Å²) in [5, 5.41) is 5.27. The van der Waals surface area contributed by atoms with E-state index in [1.54, 1.807) is 24.3 Å².